The van der Waals surface area contributed by atoms with Crippen molar-refractivity contribution in [3.8, 4) is 0 Å². The molecular weight excluding hydrogens is 272 g/mol. The van der Waals surface area contributed by atoms with Crippen LogP contribution >= 0.6 is 0 Å². The number of benzene rings is 1. The first-order valence-electron chi connectivity index (χ1n) is 7.05. The maximum atomic E-state index is 12.4. The first kappa shape index (κ1) is 15.5. The van der Waals surface area contributed by atoms with Crippen molar-refractivity contribution >= 4 is 10.0 Å². The Labute approximate surface area is 122 Å². The zero-order chi connectivity index (χ0) is 14.8. The molecule has 0 spiro atoms. The van der Waals surface area contributed by atoms with Crippen molar-refractivity contribution in [2.24, 2.45) is 5.92 Å². The smallest absolute Gasteiger partial charge is 0.218 e. The Bertz CT molecular complexity index is 539. The minimum atomic E-state index is -3.22. The van der Waals surface area contributed by atoms with Crippen molar-refractivity contribution in [3.63, 3.8) is 0 Å². The second-order valence-electron chi connectivity index (χ2n) is 5.94. The maximum absolute atomic E-state index is 12.4. The van der Waals surface area contributed by atoms with Gasteiger partial charge in [-0.3, -0.25) is 0 Å². The van der Waals surface area contributed by atoms with Gasteiger partial charge in [-0.25, -0.2) is 12.7 Å². The van der Waals surface area contributed by atoms with Crippen LogP contribution in [0.25, 0.3) is 0 Å². The lowest BCUT2D eigenvalue weighted by Gasteiger charge is -2.21. The number of rotatable bonds is 5. The lowest BCUT2D eigenvalue weighted by Crippen LogP contribution is -2.33. The Morgan fingerprint density at radius 3 is 2.50 bits per heavy atom. The topological polar surface area (TPSA) is 40.6 Å². The molecule has 4 nitrogen and oxygen atoms in total. The summed E-state index contributed by atoms with van der Waals surface area (Å²) in [7, 11) is 0.564. The van der Waals surface area contributed by atoms with E-state index in [1.807, 2.05) is 31.2 Å². The molecule has 0 aliphatic carbocycles. The molecule has 1 atom stereocenters. The predicted octanol–water partition coefficient (Wildman–Crippen LogP) is 1.71. The minimum absolute atomic E-state index is 0.0896. The van der Waals surface area contributed by atoms with Crippen LogP contribution in [-0.2, 0) is 15.8 Å². The molecule has 20 heavy (non-hydrogen) atoms. The first-order valence-corrected chi connectivity index (χ1v) is 8.66. The van der Waals surface area contributed by atoms with Crippen LogP contribution in [0.3, 0.4) is 0 Å². The number of aryl methyl sites for hydroxylation is 1. The van der Waals surface area contributed by atoms with Crippen LogP contribution in [0.4, 0.5) is 0 Å². The largest absolute Gasteiger partial charge is 0.306 e. The van der Waals surface area contributed by atoms with Gasteiger partial charge in [0.2, 0.25) is 10.0 Å². The average Bonchev–Trinajstić information content (AvgIpc) is 2.77. The molecule has 1 heterocycles. The number of hydrogen-bond donors (Lipinski definition) is 0. The highest BCUT2D eigenvalue weighted by Crippen LogP contribution is 2.18. The van der Waals surface area contributed by atoms with E-state index < -0.39 is 10.0 Å². The van der Waals surface area contributed by atoms with Gasteiger partial charge >= 0.3 is 0 Å². The Kier molecular flexibility index (Phi) is 4.83. The fraction of sp³-hybridized carbons (Fsp3) is 0.600. The molecule has 1 aliphatic heterocycles. The van der Waals surface area contributed by atoms with E-state index in [9.17, 15) is 8.42 Å². The van der Waals surface area contributed by atoms with Crippen molar-refractivity contribution in [2.75, 3.05) is 33.7 Å². The number of likely N-dealkylation sites (tertiary alicyclic amines) is 1. The zero-order valence-corrected chi connectivity index (χ0v) is 13.4. The van der Waals surface area contributed by atoms with Crippen LogP contribution in [0, 0.1) is 12.8 Å². The second kappa shape index (κ2) is 6.24. The summed E-state index contributed by atoms with van der Waals surface area (Å²) < 4.78 is 26.3. The SMILES string of the molecule is Cc1ccc(CS(=O)(=O)N(C)C[C@H]2CCN(C)C2)cc1. The highest BCUT2D eigenvalue weighted by atomic mass is 32.2. The normalized spacial score (nSPS) is 20.7. The molecule has 0 saturated carbocycles. The molecule has 0 radical (unpaired) electrons. The Morgan fingerprint density at radius 1 is 1.30 bits per heavy atom. The fourth-order valence-corrected chi connectivity index (χ4v) is 3.93. The molecule has 5 heteroatoms. The van der Waals surface area contributed by atoms with Crippen molar-refractivity contribution in [1.82, 2.24) is 9.21 Å². The summed E-state index contributed by atoms with van der Waals surface area (Å²) in [6, 6.07) is 7.70. The van der Waals surface area contributed by atoms with Gasteiger partial charge in [0.1, 0.15) is 0 Å². The van der Waals surface area contributed by atoms with E-state index in [0.717, 1.165) is 30.6 Å². The molecular formula is C15H24N2O2S. The third-order valence-corrected chi connectivity index (χ3v) is 5.75. The van der Waals surface area contributed by atoms with E-state index in [0.29, 0.717) is 12.5 Å². The molecule has 1 saturated heterocycles. The third-order valence-electron chi connectivity index (χ3n) is 3.95. The fourth-order valence-electron chi connectivity index (χ4n) is 2.66. The van der Waals surface area contributed by atoms with E-state index in [1.54, 1.807) is 7.05 Å². The summed E-state index contributed by atoms with van der Waals surface area (Å²) >= 11 is 0. The van der Waals surface area contributed by atoms with E-state index in [1.165, 1.54) is 4.31 Å². The van der Waals surface area contributed by atoms with E-state index in [-0.39, 0.29) is 5.75 Å². The van der Waals surface area contributed by atoms with E-state index in [2.05, 4.69) is 11.9 Å². The highest BCUT2D eigenvalue weighted by Gasteiger charge is 2.26. The van der Waals surface area contributed by atoms with Gasteiger partial charge in [0, 0.05) is 20.1 Å². The van der Waals surface area contributed by atoms with Crippen LogP contribution in [-0.4, -0.2) is 51.4 Å². The molecule has 2 rings (SSSR count). The van der Waals surface area contributed by atoms with E-state index >= 15 is 0 Å². The monoisotopic (exact) mass is 296 g/mol. The zero-order valence-electron chi connectivity index (χ0n) is 12.5. The molecule has 1 aromatic carbocycles. The molecule has 1 fully saturated rings. The summed E-state index contributed by atoms with van der Waals surface area (Å²) in [5.41, 5.74) is 2.00. The van der Waals surface area contributed by atoms with Gasteiger partial charge in [0.25, 0.3) is 0 Å². The van der Waals surface area contributed by atoms with Gasteiger partial charge in [-0.15, -0.1) is 0 Å². The van der Waals surface area contributed by atoms with Crippen LogP contribution in [0.2, 0.25) is 0 Å². The number of hydrogen-bond acceptors (Lipinski definition) is 3. The summed E-state index contributed by atoms with van der Waals surface area (Å²) in [6.07, 6.45) is 1.08. The molecule has 0 unspecified atom stereocenters. The standard InChI is InChI=1S/C15H24N2O2S/c1-13-4-6-14(7-5-13)12-20(18,19)17(3)11-15-8-9-16(2)10-15/h4-7,15H,8-12H2,1-3H3/t15-/m0/s1. The Balaban J connectivity index is 1.96. The summed E-state index contributed by atoms with van der Waals surface area (Å²) in [4.78, 5) is 2.26. The van der Waals surface area contributed by atoms with Crippen LogP contribution < -0.4 is 0 Å². The molecule has 0 N–H and O–H groups in total. The minimum Gasteiger partial charge on any atom is -0.306 e. The van der Waals surface area contributed by atoms with Gasteiger partial charge in [-0.1, -0.05) is 29.8 Å². The Morgan fingerprint density at radius 2 is 1.95 bits per heavy atom. The summed E-state index contributed by atoms with van der Waals surface area (Å²) in [6.45, 7) is 4.68. The summed E-state index contributed by atoms with van der Waals surface area (Å²) in [5.74, 6) is 0.546. The maximum Gasteiger partial charge on any atom is 0.218 e. The van der Waals surface area contributed by atoms with E-state index in [4.69, 9.17) is 0 Å². The number of nitrogens with zero attached hydrogens (tertiary/aromatic N) is 2. The van der Waals surface area contributed by atoms with Crippen molar-refractivity contribution < 1.29 is 8.42 Å². The number of sulfonamides is 1. The van der Waals surface area contributed by atoms with Gasteiger partial charge in [0.15, 0.2) is 0 Å². The first-order chi connectivity index (χ1) is 9.37. The molecule has 1 aromatic rings. The Hall–Kier alpha value is -0.910. The van der Waals surface area contributed by atoms with Gasteiger partial charge in [-0.05, 0) is 38.4 Å². The van der Waals surface area contributed by atoms with Crippen molar-refractivity contribution in [3.05, 3.63) is 35.4 Å². The van der Waals surface area contributed by atoms with Gasteiger partial charge < -0.3 is 4.90 Å². The average molecular weight is 296 g/mol. The predicted molar refractivity (Wildman–Crippen MR) is 82.0 cm³/mol. The molecule has 1 aliphatic rings. The molecule has 0 amide bonds. The second-order valence-corrected chi connectivity index (χ2v) is 8.02. The van der Waals surface area contributed by atoms with Crippen LogP contribution in [0.5, 0.6) is 0 Å². The highest BCUT2D eigenvalue weighted by molar-refractivity contribution is 7.88. The molecule has 0 aromatic heterocycles. The third kappa shape index (κ3) is 4.04. The van der Waals surface area contributed by atoms with Gasteiger partial charge in [0.05, 0.1) is 5.75 Å². The molecule has 0 bridgehead atoms. The lowest BCUT2D eigenvalue weighted by molar-refractivity contribution is 0.356. The van der Waals surface area contributed by atoms with Crippen LogP contribution in [0.15, 0.2) is 24.3 Å². The quantitative estimate of drug-likeness (QED) is 0.830. The summed E-state index contributed by atoms with van der Waals surface area (Å²) in [5, 5.41) is 0. The van der Waals surface area contributed by atoms with Crippen molar-refractivity contribution in [2.45, 2.75) is 19.1 Å². The van der Waals surface area contributed by atoms with Crippen LogP contribution in [0.1, 0.15) is 17.5 Å². The molecule has 112 valence electrons. The van der Waals surface area contributed by atoms with Gasteiger partial charge in [-0.2, -0.15) is 0 Å². The van der Waals surface area contributed by atoms with Crippen molar-refractivity contribution in [1.29, 1.82) is 0 Å². The lowest BCUT2D eigenvalue weighted by atomic mass is 10.1.